The second-order valence-electron chi connectivity index (χ2n) is 13.0. The summed E-state index contributed by atoms with van der Waals surface area (Å²) in [6, 6.07) is 15.5. The molecular formula is C30H42N2O6Si2. The predicted molar refractivity (Wildman–Crippen MR) is 161 cm³/mol. The number of hydrogen-bond acceptors (Lipinski definition) is 6. The monoisotopic (exact) mass is 582 g/mol. The van der Waals surface area contributed by atoms with Gasteiger partial charge in [0.2, 0.25) is 28.4 Å². The first-order valence-corrected chi connectivity index (χ1v) is 20.3. The summed E-state index contributed by atoms with van der Waals surface area (Å²) in [4.78, 5) is 54.6. The molecule has 0 bridgehead atoms. The van der Waals surface area contributed by atoms with Crippen molar-refractivity contribution in [2.45, 2.75) is 60.1 Å². The van der Waals surface area contributed by atoms with Gasteiger partial charge in [0.25, 0.3) is 11.9 Å². The van der Waals surface area contributed by atoms with Crippen LogP contribution in [0.25, 0.3) is 11.1 Å². The summed E-state index contributed by atoms with van der Waals surface area (Å²) >= 11 is 0. The van der Waals surface area contributed by atoms with Gasteiger partial charge in [0.05, 0.1) is 22.7 Å². The number of amides is 2. The Balaban J connectivity index is 2.03. The minimum absolute atomic E-state index is 0.506. The van der Waals surface area contributed by atoms with E-state index < -0.39 is 63.1 Å². The van der Waals surface area contributed by atoms with Crippen molar-refractivity contribution in [3.8, 4) is 11.1 Å². The molecule has 0 saturated heterocycles. The predicted octanol–water partition coefficient (Wildman–Crippen LogP) is 5.36. The molecule has 216 valence electrons. The van der Waals surface area contributed by atoms with Crippen LogP contribution in [0.15, 0.2) is 48.5 Å². The Morgan fingerprint density at radius 3 is 1.43 bits per heavy atom. The van der Waals surface area contributed by atoms with E-state index in [-0.39, 0.29) is 0 Å². The molecule has 2 aromatic carbocycles. The maximum Gasteiger partial charge on any atom is 0.300 e. The first kappa shape index (κ1) is 31.3. The summed E-state index contributed by atoms with van der Waals surface area (Å²) in [5, 5.41) is 5.48. The number of carbonyl (C=O) groups excluding carboxylic acids is 4. The van der Waals surface area contributed by atoms with Crippen LogP contribution in [0.4, 0.5) is 5.69 Å². The van der Waals surface area contributed by atoms with E-state index in [2.05, 4.69) is 10.6 Å². The van der Waals surface area contributed by atoms with E-state index in [1.54, 1.807) is 26.0 Å². The molecule has 2 aromatic rings. The molecule has 2 N–H and O–H groups in total. The van der Waals surface area contributed by atoms with Crippen molar-refractivity contribution < 1.29 is 28.0 Å². The molecule has 1 aliphatic rings. The van der Waals surface area contributed by atoms with Crippen molar-refractivity contribution in [1.29, 1.82) is 0 Å². The van der Waals surface area contributed by atoms with Gasteiger partial charge < -0.3 is 19.5 Å². The van der Waals surface area contributed by atoms with Crippen LogP contribution in [-0.4, -0.2) is 47.4 Å². The van der Waals surface area contributed by atoms with Crippen molar-refractivity contribution in [1.82, 2.24) is 5.32 Å². The molecular weight excluding hydrogens is 541 g/mol. The third kappa shape index (κ3) is 6.07. The fourth-order valence-corrected chi connectivity index (χ4v) is 7.22. The molecule has 40 heavy (non-hydrogen) atoms. The molecule has 2 amide bonds. The lowest BCUT2D eigenvalue weighted by Crippen LogP contribution is -2.75. The summed E-state index contributed by atoms with van der Waals surface area (Å²) in [6.07, 6.45) is 0. The fourth-order valence-electron chi connectivity index (χ4n) is 5.67. The normalized spacial score (nSPS) is 24.4. The lowest BCUT2D eigenvalue weighted by molar-refractivity contribution is -0.215. The molecule has 0 aliphatic heterocycles. The highest BCUT2D eigenvalue weighted by Gasteiger charge is 2.79. The SMILES string of the molecule is CNC(=O)C1C(C)(C(=O)O[Si](C)(C)C)C(C(=O)Nc2ccc(-c3ccc(C)cc3)cc2)C1(C)C(=O)O[Si](C)(C)C. The first-order chi connectivity index (χ1) is 18.3. The maximum atomic E-state index is 14.0. The van der Waals surface area contributed by atoms with Gasteiger partial charge >= 0.3 is 0 Å². The molecule has 10 heteroatoms. The lowest BCUT2D eigenvalue weighted by Gasteiger charge is -2.61. The van der Waals surface area contributed by atoms with Crippen LogP contribution in [0, 0.1) is 29.6 Å². The second-order valence-corrected chi connectivity index (χ2v) is 21.8. The smallest absolute Gasteiger partial charge is 0.300 e. The van der Waals surface area contributed by atoms with E-state index in [0.717, 1.165) is 16.7 Å². The molecule has 0 spiro atoms. The standard InChI is InChI=1S/C30H42N2O6Si2/c1-19-11-13-20(14-12-19)21-15-17-22(18-16-21)32-26(34)24-29(2,27(35)37-39(5,6)7)23(25(33)31-4)30(24,3)28(36)38-40(8,9)10/h11-18,23-24H,1-10H3,(H,31,33)(H,32,34). The zero-order valence-electron chi connectivity index (χ0n) is 25.2. The molecule has 2 unspecified atom stereocenters. The van der Waals surface area contributed by atoms with Gasteiger partial charge in [0.15, 0.2) is 0 Å². The Kier molecular flexibility index (Phi) is 8.58. The van der Waals surface area contributed by atoms with Gasteiger partial charge in [-0.1, -0.05) is 42.0 Å². The number of rotatable bonds is 8. The average Bonchev–Trinajstić information content (AvgIpc) is 2.82. The Morgan fingerprint density at radius 1 is 0.675 bits per heavy atom. The number of nitrogens with one attached hydrogen (secondary N) is 2. The van der Waals surface area contributed by atoms with Crippen LogP contribution < -0.4 is 10.6 Å². The van der Waals surface area contributed by atoms with Gasteiger partial charge in [-0.15, -0.1) is 0 Å². The van der Waals surface area contributed by atoms with Crippen LogP contribution in [-0.2, 0) is 28.0 Å². The van der Waals surface area contributed by atoms with E-state index in [9.17, 15) is 19.2 Å². The van der Waals surface area contributed by atoms with Crippen LogP contribution in [0.5, 0.6) is 0 Å². The summed E-state index contributed by atoms with van der Waals surface area (Å²) in [7, 11) is -3.36. The van der Waals surface area contributed by atoms with Crippen molar-refractivity contribution in [2.24, 2.45) is 22.7 Å². The van der Waals surface area contributed by atoms with Crippen LogP contribution in [0.2, 0.25) is 39.3 Å². The Labute approximate surface area is 239 Å². The van der Waals surface area contributed by atoms with E-state index in [0.29, 0.717) is 5.69 Å². The molecule has 3 rings (SSSR count). The van der Waals surface area contributed by atoms with E-state index in [1.807, 2.05) is 82.6 Å². The number of aryl methyl sites for hydroxylation is 1. The van der Waals surface area contributed by atoms with Crippen molar-refractivity contribution >= 4 is 46.1 Å². The van der Waals surface area contributed by atoms with Crippen LogP contribution >= 0.6 is 0 Å². The summed E-state index contributed by atoms with van der Waals surface area (Å²) < 4.78 is 11.7. The molecule has 1 aliphatic carbocycles. The Morgan fingerprint density at radius 2 is 1.05 bits per heavy atom. The Hall–Kier alpha value is -3.25. The molecule has 0 radical (unpaired) electrons. The zero-order chi connectivity index (χ0) is 30.3. The van der Waals surface area contributed by atoms with E-state index in [1.165, 1.54) is 7.05 Å². The van der Waals surface area contributed by atoms with Crippen molar-refractivity contribution in [2.75, 3.05) is 12.4 Å². The number of anilines is 1. The molecule has 2 atom stereocenters. The Bertz CT molecular complexity index is 1260. The van der Waals surface area contributed by atoms with Gasteiger partial charge in [0.1, 0.15) is 0 Å². The minimum atomic E-state index is -2.40. The van der Waals surface area contributed by atoms with Crippen molar-refractivity contribution in [3.63, 3.8) is 0 Å². The maximum absolute atomic E-state index is 14.0. The summed E-state index contributed by atoms with van der Waals surface area (Å²) in [6.45, 7) is 16.2. The molecule has 0 heterocycles. The van der Waals surface area contributed by atoms with Gasteiger partial charge in [-0.3, -0.25) is 19.2 Å². The minimum Gasteiger partial charge on any atom is -0.519 e. The van der Waals surface area contributed by atoms with Gasteiger partial charge in [-0.25, -0.2) is 0 Å². The number of benzene rings is 2. The largest absolute Gasteiger partial charge is 0.519 e. The highest BCUT2D eigenvalue weighted by molar-refractivity contribution is 6.71. The zero-order valence-corrected chi connectivity index (χ0v) is 27.2. The fraction of sp³-hybridized carbons (Fsp3) is 0.467. The van der Waals surface area contributed by atoms with E-state index >= 15 is 0 Å². The van der Waals surface area contributed by atoms with Crippen LogP contribution in [0.3, 0.4) is 0 Å². The second kappa shape index (κ2) is 11.0. The highest BCUT2D eigenvalue weighted by atomic mass is 28.4. The molecule has 0 aromatic heterocycles. The first-order valence-electron chi connectivity index (χ1n) is 13.5. The van der Waals surface area contributed by atoms with Gasteiger partial charge in [-0.05, 0) is 83.3 Å². The van der Waals surface area contributed by atoms with Gasteiger partial charge in [-0.2, -0.15) is 0 Å². The third-order valence-electron chi connectivity index (χ3n) is 7.38. The summed E-state index contributed by atoms with van der Waals surface area (Å²) in [5.74, 6) is -4.74. The molecule has 1 saturated carbocycles. The van der Waals surface area contributed by atoms with E-state index in [4.69, 9.17) is 8.85 Å². The summed E-state index contributed by atoms with van der Waals surface area (Å²) in [5.41, 5.74) is 0.521. The quantitative estimate of drug-likeness (QED) is 0.406. The number of carbonyl (C=O) groups is 4. The average molecular weight is 583 g/mol. The number of hydrogen-bond donors (Lipinski definition) is 2. The lowest BCUT2D eigenvalue weighted by atomic mass is 9.39. The van der Waals surface area contributed by atoms with Gasteiger partial charge in [0, 0.05) is 12.7 Å². The molecule has 1 fully saturated rings. The third-order valence-corrected chi connectivity index (χ3v) is 8.98. The topological polar surface area (TPSA) is 111 Å². The van der Waals surface area contributed by atoms with Crippen molar-refractivity contribution in [3.05, 3.63) is 54.1 Å². The molecule has 8 nitrogen and oxygen atoms in total. The van der Waals surface area contributed by atoms with Crippen LogP contribution in [0.1, 0.15) is 19.4 Å². The highest BCUT2D eigenvalue weighted by Crippen LogP contribution is 2.65.